The van der Waals surface area contributed by atoms with E-state index in [9.17, 15) is 0 Å². The molecule has 4 heteroatoms. The number of para-hydroxylation sites is 2. The molecule has 19 heavy (non-hydrogen) atoms. The summed E-state index contributed by atoms with van der Waals surface area (Å²) in [6.07, 6.45) is 0. The molecule has 98 valence electrons. The van der Waals surface area contributed by atoms with Gasteiger partial charge in [-0.1, -0.05) is 36.4 Å². The number of hydrazine groups is 1. The molecule has 2 aromatic carbocycles. The number of benzene rings is 2. The van der Waals surface area contributed by atoms with Crippen LogP contribution in [0.25, 0.3) is 0 Å². The minimum Gasteiger partial charge on any atom is -0.285 e. The van der Waals surface area contributed by atoms with E-state index >= 15 is 0 Å². The number of nitrogens with one attached hydrogen (secondary N) is 1. The van der Waals surface area contributed by atoms with Crippen LogP contribution in [-0.2, 0) is 6.54 Å². The number of rotatable bonds is 1. The Balaban J connectivity index is 0.00000133. The van der Waals surface area contributed by atoms with Gasteiger partial charge in [0.1, 0.15) is 5.84 Å². The summed E-state index contributed by atoms with van der Waals surface area (Å²) in [5.74, 6) is 0.906. The molecule has 0 aromatic heterocycles. The van der Waals surface area contributed by atoms with Gasteiger partial charge in [0, 0.05) is 0 Å². The van der Waals surface area contributed by atoms with Crippen molar-refractivity contribution >= 4 is 29.6 Å². The Labute approximate surface area is 119 Å². The van der Waals surface area contributed by atoms with Crippen LogP contribution in [-0.4, -0.2) is 5.84 Å². The van der Waals surface area contributed by atoms with E-state index in [0.29, 0.717) is 0 Å². The SMILES string of the molecule is CC1=Nc2ccccc2CN(c2ccccc2)N1.Cl. The van der Waals surface area contributed by atoms with Gasteiger partial charge in [0.2, 0.25) is 0 Å². The smallest absolute Gasteiger partial charge is 0.118 e. The van der Waals surface area contributed by atoms with Gasteiger partial charge in [0.15, 0.2) is 0 Å². The van der Waals surface area contributed by atoms with Gasteiger partial charge in [-0.3, -0.25) is 10.4 Å². The van der Waals surface area contributed by atoms with Crippen molar-refractivity contribution in [2.45, 2.75) is 13.5 Å². The van der Waals surface area contributed by atoms with E-state index in [4.69, 9.17) is 0 Å². The molecule has 3 rings (SSSR count). The van der Waals surface area contributed by atoms with Crippen LogP contribution in [0.15, 0.2) is 59.6 Å². The molecule has 1 heterocycles. The lowest BCUT2D eigenvalue weighted by Crippen LogP contribution is -2.39. The second kappa shape index (κ2) is 5.76. The predicted molar refractivity (Wildman–Crippen MR) is 82.2 cm³/mol. The van der Waals surface area contributed by atoms with Crippen molar-refractivity contribution in [3.63, 3.8) is 0 Å². The van der Waals surface area contributed by atoms with Crippen LogP contribution in [0.3, 0.4) is 0 Å². The highest BCUT2D eigenvalue weighted by atomic mass is 35.5. The highest BCUT2D eigenvalue weighted by Gasteiger charge is 2.13. The number of anilines is 1. The maximum absolute atomic E-state index is 4.58. The first kappa shape index (κ1) is 13.4. The molecule has 3 nitrogen and oxygen atoms in total. The van der Waals surface area contributed by atoms with E-state index in [-0.39, 0.29) is 12.4 Å². The molecule has 0 bridgehead atoms. The van der Waals surface area contributed by atoms with Crippen molar-refractivity contribution in [1.82, 2.24) is 5.43 Å². The molecule has 0 atom stereocenters. The lowest BCUT2D eigenvalue weighted by atomic mass is 10.1. The van der Waals surface area contributed by atoms with Gasteiger partial charge < -0.3 is 0 Å². The number of hydrogen-bond donors (Lipinski definition) is 1. The summed E-state index contributed by atoms with van der Waals surface area (Å²) in [4.78, 5) is 4.58. The maximum Gasteiger partial charge on any atom is 0.118 e. The van der Waals surface area contributed by atoms with Crippen molar-refractivity contribution < 1.29 is 0 Å². The summed E-state index contributed by atoms with van der Waals surface area (Å²) in [5.41, 5.74) is 6.74. The number of halogens is 1. The molecule has 0 saturated carbocycles. The summed E-state index contributed by atoms with van der Waals surface area (Å²) >= 11 is 0. The molecule has 1 aliphatic heterocycles. The van der Waals surface area contributed by atoms with Crippen LogP contribution in [0.5, 0.6) is 0 Å². The van der Waals surface area contributed by atoms with Gasteiger partial charge in [-0.15, -0.1) is 12.4 Å². The van der Waals surface area contributed by atoms with Crippen LogP contribution in [0.4, 0.5) is 11.4 Å². The van der Waals surface area contributed by atoms with Gasteiger partial charge in [0.25, 0.3) is 0 Å². The van der Waals surface area contributed by atoms with Crippen molar-refractivity contribution in [3.8, 4) is 0 Å². The number of fused-ring (bicyclic) bond motifs is 1. The van der Waals surface area contributed by atoms with Gasteiger partial charge in [-0.05, 0) is 30.7 Å². The minimum atomic E-state index is 0. The molecule has 0 fully saturated rings. The van der Waals surface area contributed by atoms with Crippen molar-refractivity contribution in [2.75, 3.05) is 5.01 Å². The maximum atomic E-state index is 4.58. The number of nitrogens with zero attached hydrogens (tertiary/aromatic N) is 2. The molecule has 1 aliphatic rings. The third-order valence-electron chi connectivity index (χ3n) is 2.97. The first-order chi connectivity index (χ1) is 8.83. The van der Waals surface area contributed by atoms with Crippen molar-refractivity contribution in [3.05, 3.63) is 60.2 Å². The third kappa shape index (κ3) is 2.88. The van der Waals surface area contributed by atoms with E-state index in [1.165, 1.54) is 5.56 Å². The third-order valence-corrected chi connectivity index (χ3v) is 2.97. The first-order valence-electron chi connectivity index (χ1n) is 6.05. The molecular formula is C15H16ClN3. The van der Waals surface area contributed by atoms with Crippen LogP contribution in [0, 0.1) is 0 Å². The molecule has 0 aliphatic carbocycles. The summed E-state index contributed by atoms with van der Waals surface area (Å²) < 4.78 is 0. The molecule has 2 aromatic rings. The first-order valence-corrected chi connectivity index (χ1v) is 6.05. The van der Waals surface area contributed by atoms with E-state index in [0.717, 1.165) is 23.8 Å². The number of hydrogen-bond acceptors (Lipinski definition) is 3. The summed E-state index contributed by atoms with van der Waals surface area (Å²) in [5, 5.41) is 2.12. The highest BCUT2D eigenvalue weighted by Crippen LogP contribution is 2.24. The van der Waals surface area contributed by atoms with Crippen LogP contribution in [0.1, 0.15) is 12.5 Å². The summed E-state index contributed by atoms with van der Waals surface area (Å²) in [6.45, 7) is 2.79. The number of aliphatic imine (C=N–C) groups is 1. The average Bonchev–Trinajstić information content (AvgIpc) is 2.57. The Hall–Kier alpha value is -2.00. The molecule has 0 saturated heterocycles. The standard InChI is InChI=1S/C15H15N3.ClH/c1-12-16-15-10-6-5-7-13(15)11-18(17-12)14-8-3-2-4-9-14;/h2-10H,11H2,1H3,(H,16,17);1H. The van der Waals surface area contributed by atoms with Gasteiger partial charge in [0.05, 0.1) is 17.9 Å². The zero-order valence-corrected chi connectivity index (χ0v) is 11.5. The lowest BCUT2D eigenvalue weighted by molar-refractivity contribution is 0.771. The fourth-order valence-corrected chi connectivity index (χ4v) is 2.13. The molecule has 0 amide bonds. The normalized spacial score (nSPS) is 13.5. The zero-order chi connectivity index (χ0) is 12.4. The van der Waals surface area contributed by atoms with Gasteiger partial charge >= 0.3 is 0 Å². The molecule has 0 spiro atoms. The number of amidine groups is 1. The predicted octanol–water partition coefficient (Wildman–Crippen LogP) is 3.68. The second-order valence-electron chi connectivity index (χ2n) is 4.36. The Morgan fingerprint density at radius 3 is 2.47 bits per heavy atom. The monoisotopic (exact) mass is 273 g/mol. The molecule has 0 unspecified atom stereocenters. The topological polar surface area (TPSA) is 27.6 Å². The molecule has 1 N–H and O–H groups in total. The zero-order valence-electron chi connectivity index (χ0n) is 10.7. The highest BCUT2D eigenvalue weighted by molar-refractivity contribution is 5.85. The fourth-order valence-electron chi connectivity index (χ4n) is 2.13. The Bertz CT molecular complexity index is 581. The van der Waals surface area contributed by atoms with Crippen molar-refractivity contribution in [1.29, 1.82) is 0 Å². The Kier molecular flexibility index (Phi) is 4.07. The average molecular weight is 274 g/mol. The summed E-state index contributed by atoms with van der Waals surface area (Å²) in [6, 6.07) is 18.5. The van der Waals surface area contributed by atoms with E-state index in [2.05, 4.69) is 45.8 Å². The quantitative estimate of drug-likeness (QED) is 0.858. The van der Waals surface area contributed by atoms with Gasteiger partial charge in [-0.25, -0.2) is 4.99 Å². The molecule has 0 radical (unpaired) electrons. The van der Waals surface area contributed by atoms with E-state index in [1.54, 1.807) is 0 Å². The lowest BCUT2D eigenvalue weighted by Gasteiger charge is -2.24. The van der Waals surface area contributed by atoms with E-state index < -0.39 is 0 Å². The van der Waals surface area contributed by atoms with Crippen LogP contribution < -0.4 is 10.4 Å². The Morgan fingerprint density at radius 2 is 1.68 bits per heavy atom. The van der Waals surface area contributed by atoms with Gasteiger partial charge in [-0.2, -0.15) is 0 Å². The summed E-state index contributed by atoms with van der Waals surface area (Å²) in [7, 11) is 0. The van der Waals surface area contributed by atoms with Crippen LogP contribution in [0.2, 0.25) is 0 Å². The fraction of sp³-hybridized carbons (Fsp3) is 0.133. The second-order valence-corrected chi connectivity index (χ2v) is 4.36. The molecular weight excluding hydrogens is 258 g/mol. The van der Waals surface area contributed by atoms with Crippen LogP contribution >= 0.6 is 12.4 Å². The largest absolute Gasteiger partial charge is 0.285 e. The Morgan fingerprint density at radius 1 is 1.00 bits per heavy atom. The van der Waals surface area contributed by atoms with E-state index in [1.807, 2.05) is 31.2 Å². The minimum absolute atomic E-state index is 0. The van der Waals surface area contributed by atoms with Crippen molar-refractivity contribution in [2.24, 2.45) is 4.99 Å².